The van der Waals surface area contributed by atoms with E-state index in [9.17, 15) is 0 Å². The van der Waals surface area contributed by atoms with E-state index in [1.807, 2.05) is 12.3 Å². The van der Waals surface area contributed by atoms with Gasteiger partial charge in [0.15, 0.2) is 0 Å². The first-order valence-corrected chi connectivity index (χ1v) is 4.35. The highest BCUT2D eigenvalue weighted by Crippen LogP contribution is 2.08. The summed E-state index contributed by atoms with van der Waals surface area (Å²) < 4.78 is 4.96. The lowest BCUT2D eigenvalue weighted by molar-refractivity contribution is 0.397. The van der Waals surface area contributed by atoms with Crippen molar-refractivity contribution < 1.29 is 4.74 Å². The average Bonchev–Trinajstić information content (AvgIpc) is 2.15. The first-order chi connectivity index (χ1) is 5.86. The Bertz CT molecular complexity index is 221. The van der Waals surface area contributed by atoms with Gasteiger partial charge in [-0.15, -0.1) is 0 Å². The third-order valence-corrected chi connectivity index (χ3v) is 1.83. The van der Waals surface area contributed by atoms with E-state index in [2.05, 4.69) is 18.0 Å². The predicted molar refractivity (Wildman–Crippen MR) is 54.4 cm³/mol. The van der Waals surface area contributed by atoms with E-state index in [4.69, 9.17) is 4.74 Å². The summed E-state index contributed by atoms with van der Waals surface area (Å²) in [5.74, 6) is 0.690. The molecule has 0 aliphatic carbocycles. The summed E-state index contributed by atoms with van der Waals surface area (Å²) in [4.78, 5) is 4.13. The minimum atomic E-state index is 0. The number of aromatic nitrogens is 1. The van der Waals surface area contributed by atoms with E-state index in [-0.39, 0.29) is 6.15 Å². The maximum absolute atomic E-state index is 4.96. The third-order valence-electron chi connectivity index (χ3n) is 1.83. The molecular weight excluding hydrogens is 164 g/mol. The van der Waals surface area contributed by atoms with Crippen LogP contribution in [0.25, 0.3) is 0 Å². The van der Waals surface area contributed by atoms with E-state index in [1.54, 1.807) is 7.11 Å². The van der Waals surface area contributed by atoms with Crippen molar-refractivity contribution in [3.8, 4) is 5.88 Å². The molecule has 3 nitrogen and oxygen atoms in total. The van der Waals surface area contributed by atoms with Gasteiger partial charge in [-0.2, -0.15) is 0 Å². The van der Waals surface area contributed by atoms with Gasteiger partial charge in [-0.05, 0) is 18.4 Å². The van der Waals surface area contributed by atoms with Gasteiger partial charge in [-0.1, -0.05) is 19.4 Å². The number of ether oxygens (including phenoxy) is 1. The summed E-state index contributed by atoms with van der Waals surface area (Å²) in [6.45, 7) is 2.19. The van der Waals surface area contributed by atoms with Crippen LogP contribution in [0.4, 0.5) is 0 Å². The van der Waals surface area contributed by atoms with Crippen molar-refractivity contribution in [1.29, 1.82) is 0 Å². The van der Waals surface area contributed by atoms with Crippen molar-refractivity contribution in [2.24, 2.45) is 0 Å². The van der Waals surface area contributed by atoms with Crippen LogP contribution in [0.3, 0.4) is 0 Å². The highest BCUT2D eigenvalue weighted by molar-refractivity contribution is 5.17. The Hall–Kier alpha value is -1.09. The Kier molecular flexibility index (Phi) is 5.89. The molecule has 0 bridgehead atoms. The average molecular weight is 182 g/mol. The lowest BCUT2D eigenvalue weighted by Crippen LogP contribution is -1.89. The minimum Gasteiger partial charge on any atom is -0.481 e. The highest BCUT2D eigenvalue weighted by Gasteiger charge is 1.93. The van der Waals surface area contributed by atoms with Gasteiger partial charge < -0.3 is 10.9 Å². The lowest BCUT2D eigenvalue weighted by Gasteiger charge is -2.00. The van der Waals surface area contributed by atoms with Gasteiger partial charge in [0, 0.05) is 12.3 Å². The number of hydrogen-bond donors (Lipinski definition) is 1. The van der Waals surface area contributed by atoms with Crippen molar-refractivity contribution in [3.63, 3.8) is 0 Å². The van der Waals surface area contributed by atoms with Crippen molar-refractivity contribution in [2.75, 3.05) is 7.11 Å². The van der Waals surface area contributed by atoms with Crippen LogP contribution >= 0.6 is 0 Å². The molecule has 0 amide bonds. The zero-order valence-electron chi connectivity index (χ0n) is 8.42. The molecule has 1 aromatic heterocycles. The topological polar surface area (TPSA) is 57.1 Å². The monoisotopic (exact) mass is 182 g/mol. The molecule has 0 saturated carbocycles. The van der Waals surface area contributed by atoms with Crippen LogP contribution < -0.4 is 10.9 Å². The molecule has 3 N–H and O–H groups in total. The fourth-order valence-corrected chi connectivity index (χ4v) is 1.06. The number of rotatable bonds is 4. The molecule has 13 heavy (non-hydrogen) atoms. The zero-order chi connectivity index (χ0) is 8.81. The quantitative estimate of drug-likeness (QED) is 0.778. The zero-order valence-corrected chi connectivity index (χ0v) is 8.42. The van der Waals surface area contributed by atoms with Crippen molar-refractivity contribution in [2.45, 2.75) is 26.2 Å². The number of nitrogens with zero attached hydrogens (tertiary/aromatic N) is 1. The molecule has 0 unspecified atom stereocenters. The van der Waals surface area contributed by atoms with Crippen LogP contribution in [0.15, 0.2) is 18.3 Å². The number of unbranched alkanes of at least 4 members (excludes halogenated alkanes) is 1. The maximum atomic E-state index is 4.96. The Labute approximate surface area is 79.7 Å². The number of aryl methyl sites for hydroxylation is 1. The van der Waals surface area contributed by atoms with E-state index < -0.39 is 0 Å². The van der Waals surface area contributed by atoms with Gasteiger partial charge in [0.25, 0.3) is 0 Å². The molecule has 3 heteroatoms. The van der Waals surface area contributed by atoms with Gasteiger partial charge in [0.2, 0.25) is 5.88 Å². The number of hydrogen-bond acceptors (Lipinski definition) is 3. The van der Waals surface area contributed by atoms with Gasteiger partial charge >= 0.3 is 0 Å². The van der Waals surface area contributed by atoms with E-state index in [0.717, 1.165) is 6.42 Å². The predicted octanol–water partition coefficient (Wildman–Crippen LogP) is 2.59. The van der Waals surface area contributed by atoms with Crippen LogP contribution in [-0.4, -0.2) is 12.1 Å². The maximum Gasteiger partial charge on any atom is 0.212 e. The molecule has 0 aromatic carbocycles. The highest BCUT2D eigenvalue weighted by atomic mass is 16.5. The van der Waals surface area contributed by atoms with Crippen LogP contribution in [0.2, 0.25) is 0 Å². The van der Waals surface area contributed by atoms with Crippen LogP contribution in [0.5, 0.6) is 5.88 Å². The van der Waals surface area contributed by atoms with Crippen molar-refractivity contribution >= 4 is 0 Å². The van der Waals surface area contributed by atoms with Crippen LogP contribution in [0, 0.1) is 0 Å². The first-order valence-electron chi connectivity index (χ1n) is 4.35. The summed E-state index contributed by atoms with van der Waals surface area (Å²) in [6.07, 6.45) is 5.46. The summed E-state index contributed by atoms with van der Waals surface area (Å²) in [7, 11) is 1.63. The lowest BCUT2D eigenvalue weighted by atomic mass is 10.1. The smallest absolute Gasteiger partial charge is 0.212 e. The van der Waals surface area contributed by atoms with E-state index in [0.29, 0.717) is 5.88 Å². The molecule has 0 aliphatic heterocycles. The van der Waals surface area contributed by atoms with Gasteiger partial charge in [-0.25, -0.2) is 4.98 Å². The summed E-state index contributed by atoms with van der Waals surface area (Å²) >= 11 is 0. The van der Waals surface area contributed by atoms with Crippen LogP contribution in [-0.2, 0) is 6.42 Å². The molecule has 0 atom stereocenters. The van der Waals surface area contributed by atoms with E-state index in [1.165, 1.54) is 18.4 Å². The fourth-order valence-electron chi connectivity index (χ4n) is 1.06. The molecule has 1 rings (SSSR count). The van der Waals surface area contributed by atoms with E-state index >= 15 is 0 Å². The summed E-state index contributed by atoms with van der Waals surface area (Å²) in [6, 6.07) is 3.98. The molecule has 0 fully saturated rings. The molecule has 74 valence electrons. The standard InChI is InChI=1S/C10H15NO.H3N/c1-3-4-5-9-6-7-10(12-2)11-8-9;/h6-8H,3-5H2,1-2H3;1H3. The Morgan fingerprint density at radius 1 is 1.38 bits per heavy atom. The Morgan fingerprint density at radius 3 is 2.62 bits per heavy atom. The molecule has 1 aromatic rings. The molecular formula is C10H18N2O. The minimum absolute atomic E-state index is 0. The number of pyridine rings is 1. The van der Waals surface area contributed by atoms with Crippen LogP contribution in [0.1, 0.15) is 25.3 Å². The summed E-state index contributed by atoms with van der Waals surface area (Å²) in [5, 5.41) is 0. The second-order valence-corrected chi connectivity index (χ2v) is 2.81. The third kappa shape index (κ3) is 3.90. The van der Waals surface area contributed by atoms with Gasteiger partial charge in [0.05, 0.1) is 7.11 Å². The second-order valence-electron chi connectivity index (χ2n) is 2.81. The van der Waals surface area contributed by atoms with Crippen molar-refractivity contribution in [1.82, 2.24) is 11.1 Å². The molecule has 0 radical (unpaired) electrons. The summed E-state index contributed by atoms with van der Waals surface area (Å²) in [5.41, 5.74) is 1.29. The first kappa shape index (κ1) is 11.9. The molecule has 1 heterocycles. The molecule has 0 spiro atoms. The fraction of sp³-hybridized carbons (Fsp3) is 0.500. The normalized spacial score (nSPS) is 9.08. The SMILES string of the molecule is CCCCc1ccc(OC)nc1.N. The number of methoxy groups -OCH3 is 1. The van der Waals surface area contributed by atoms with Gasteiger partial charge in [-0.3, -0.25) is 0 Å². The second kappa shape index (κ2) is 6.43. The van der Waals surface area contributed by atoms with Crippen molar-refractivity contribution in [3.05, 3.63) is 23.9 Å². The van der Waals surface area contributed by atoms with Gasteiger partial charge in [0.1, 0.15) is 0 Å². The molecule has 0 saturated heterocycles. The molecule has 0 aliphatic rings. The largest absolute Gasteiger partial charge is 0.481 e. The Morgan fingerprint density at radius 2 is 2.15 bits per heavy atom. The Balaban J connectivity index is 0.00000144.